The third kappa shape index (κ3) is 3.23. The minimum Gasteiger partial charge on any atom is -0.390 e. The third-order valence-corrected chi connectivity index (χ3v) is 3.36. The van der Waals surface area contributed by atoms with E-state index in [9.17, 15) is 5.11 Å². The van der Waals surface area contributed by atoms with E-state index in [2.05, 4.69) is 25.2 Å². The second kappa shape index (κ2) is 5.16. The summed E-state index contributed by atoms with van der Waals surface area (Å²) >= 11 is 0. The fourth-order valence-corrected chi connectivity index (χ4v) is 2.00. The Hall–Kier alpha value is -1.63. The number of hydrogen-bond acceptors (Lipinski definition) is 7. The van der Waals surface area contributed by atoms with Crippen LogP contribution in [0.5, 0.6) is 0 Å². The van der Waals surface area contributed by atoms with Crippen LogP contribution in [0.1, 0.15) is 19.8 Å². The van der Waals surface area contributed by atoms with Gasteiger partial charge in [-0.2, -0.15) is 15.0 Å². The highest BCUT2D eigenvalue weighted by molar-refractivity contribution is 5.44. The van der Waals surface area contributed by atoms with E-state index in [1.807, 2.05) is 25.9 Å². The van der Waals surface area contributed by atoms with Crippen LogP contribution in [0.3, 0.4) is 0 Å². The molecule has 7 heteroatoms. The number of nitrogens with zero attached hydrogens (tertiary/aromatic N) is 5. The molecule has 106 valence electrons. The van der Waals surface area contributed by atoms with Crippen molar-refractivity contribution in [2.45, 2.75) is 25.4 Å². The molecule has 1 aromatic heterocycles. The molecule has 2 N–H and O–H groups in total. The zero-order valence-corrected chi connectivity index (χ0v) is 12.0. The highest BCUT2D eigenvalue weighted by atomic mass is 16.3. The van der Waals surface area contributed by atoms with Crippen LogP contribution >= 0.6 is 0 Å². The summed E-state index contributed by atoms with van der Waals surface area (Å²) in [4.78, 5) is 17.1. The standard InChI is InChI=1S/C12H22N6O/c1-12(19)5-7-18(8-6-12)11-15-9(13-2)14-10(16-11)17(3)4/h19H,5-8H2,1-4H3,(H,13,14,15,16). The van der Waals surface area contributed by atoms with Crippen molar-refractivity contribution in [3.63, 3.8) is 0 Å². The summed E-state index contributed by atoms with van der Waals surface area (Å²) in [5.74, 6) is 1.86. The van der Waals surface area contributed by atoms with Gasteiger partial charge < -0.3 is 20.2 Å². The van der Waals surface area contributed by atoms with Crippen molar-refractivity contribution in [1.29, 1.82) is 0 Å². The molecule has 0 spiro atoms. The van der Waals surface area contributed by atoms with E-state index in [1.54, 1.807) is 7.05 Å². The zero-order chi connectivity index (χ0) is 14.0. The molecule has 1 aliphatic heterocycles. The molecule has 1 fully saturated rings. The van der Waals surface area contributed by atoms with Crippen LogP contribution in [-0.2, 0) is 0 Å². The predicted octanol–water partition coefficient (Wildman–Crippen LogP) is 0.330. The lowest BCUT2D eigenvalue weighted by molar-refractivity contribution is 0.0349. The molecule has 7 nitrogen and oxygen atoms in total. The number of piperidine rings is 1. The lowest BCUT2D eigenvalue weighted by Crippen LogP contribution is -2.43. The number of aromatic nitrogens is 3. The number of rotatable bonds is 3. The monoisotopic (exact) mass is 266 g/mol. The Bertz CT molecular complexity index is 438. The Morgan fingerprint density at radius 1 is 1.21 bits per heavy atom. The molecular weight excluding hydrogens is 244 g/mol. The van der Waals surface area contributed by atoms with Crippen LogP contribution in [0.25, 0.3) is 0 Å². The van der Waals surface area contributed by atoms with E-state index >= 15 is 0 Å². The highest BCUT2D eigenvalue weighted by Crippen LogP contribution is 2.24. The molecule has 0 aliphatic carbocycles. The summed E-state index contributed by atoms with van der Waals surface area (Å²) in [6, 6.07) is 0. The van der Waals surface area contributed by atoms with Crippen molar-refractivity contribution in [1.82, 2.24) is 15.0 Å². The molecular formula is C12H22N6O. The molecule has 19 heavy (non-hydrogen) atoms. The second-order valence-corrected chi connectivity index (χ2v) is 5.39. The first-order chi connectivity index (χ1) is 8.91. The van der Waals surface area contributed by atoms with Crippen molar-refractivity contribution in [3.8, 4) is 0 Å². The van der Waals surface area contributed by atoms with Crippen LogP contribution < -0.4 is 15.1 Å². The molecule has 0 aromatic carbocycles. The summed E-state index contributed by atoms with van der Waals surface area (Å²) in [6.45, 7) is 3.39. The van der Waals surface area contributed by atoms with Gasteiger partial charge in [-0.15, -0.1) is 0 Å². The topological polar surface area (TPSA) is 77.4 Å². The molecule has 0 unspecified atom stereocenters. The molecule has 2 rings (SSSR count). The fourth-order valence-electron chi connectivity index (χ4n) is 2.00. The van der Waals surface area contributed by atoms with Crippen LogP contribution in [0.4, 0.5) is 17.8 Å². The number of hydrogen-bond donors (Lipinski definition) is 2. The average Bonchev–Trinajstić information content (AvgIpc) is 2.38. The summed E-state index contributed by atoms with van der Waals surface area (Å²) < 4.78 is 0. The lowest BCUT2D eigenvalue weighted by Gasteiger charge is -2.35. The van der Waals surface area contributed by atoms with Gasteiger partial charge in [-0.25, -0.2) is 0 Å². The maximum absolute atomic E-state index is 9.98. The normalized spacial score (nSPS) is 18.3. The van der Waals surface area contributed by atoms with Crippen LogP contribution in [0.2, 0.25) is 0 Å². The number of nitrogens with one attached hydrogen (secondary N) is 1. The van der Waals surface area contributed by atoms with Crippen molar-refractivity contribution in [2.75, 3.05) is 49.3 Å². The number of aliphatic hydroxyl groups is 1. The van der Waals surface area contributed by atoms with Gasteiger partial charge in [0, 0.05) is 34.2 Å². The van der Waals surface area contributed by atoms with E-state index in [4.69, 9.17) is 0 Å². The minimum atomic E-state index is -0.570. The van der Waals surface area contributed by atoms with Crippen LogP contribution in [0.15, 0.2) is 0 Å². The van der Waals surface area contributed by atoms with Crippen LogP contribution in [-0.4, -0.2) is 59.9 Å². The van der Waals surface area contributed by atoms with E-state index in [-0.39, 0.29) is 0 Å². The van der Waals surface area contributed by atoms with Gasteiger partial charge in [0.05, 0.1) is 5.60 Å². The SMILES string of the molecule is CNc1nc(N(C)C)nc(N2CCC(C)(O)CC2)n1. The van der Waals surface area contributed by atoms with Gasteiger partial charge in [-0.3, -0.25) is 0 Å². The van der Waals surface area contributed by atoms with E-state index in [0.717, 1.165) is 25.9 Å². The quantitative estimate of drug-likeness (QED) is 0.816. The first-order valence-electron chi connectivity index (χ1n) is 6.50. The Morgan fingerprint density at radius 2 is 1.84 bits per heavy atom. The minimum absolute atomic E-state index is 0.561. The van der Waals surface area contributed by atoms with Gasteiger partial charge in [0.2, 0.25) is 17.8 Å². The van der Waals surface area contributed by atoms with Crippen molar-refractivity contribution in [3.05, 3.63) is 0 Å². The first-order valence-corrected chi connectivity index (χ1v) is 6.50. The maximum atomic E-state index is 9.98. The molecule has 1 saturated heterocycles. The molecule has 0 atom stereocenters. The summed E-state index contributed by atoms with van der Waals surface area (Å²) in [7, 11) is 5.60. The van der Waals surface area contributed by atoms with Gasteiger partial charge in [-0.05, 0) is 19.8 Å². The van der Waals surface area contributed by atoms with E-state index < -0.39 is 5.60 Å². The van der Waals surface area contributed by atoms with Crippen molar-refractivity contribution < 1.29 is 5.11 Å². The largest absolute Gasteiger partial charge is 0.390 e. The Labute approximate surface area is 113 Å². The third-order valence-electron chi connectivity index (χ3n) is 3.36. The summed E-state index contributed by atoms with van der Waals surface area (Å²) in [6.07, 6.45) is 1.45. The van der Waals surface area contributed by atoms with E-state index in [1.165, 1.54) is 0 Å². The average molecular weight is 266 g/mol. The Morgan fingerprint density at radius 3 is 2.37 bits per heavy atom. The summed E-state index contributed by atoms with van der Waals surface area (Å²) in [5.41, 5.74) is -0.570. The molecule has 2 heterocycles. The summed E-state index contributed by atoms with van der Waals surface area (Å²) in [5, 5.41) is 12.9. The predicted molar refractivity (Wildman–Crippen MR) is 75.8 cm³/mol. The van der Waals surface area contributed by atoms with E-state index in [0.29, 0.717) is 17.8 Å². The first kappa shape index (κ1) is 13.8. The van der Waals surface area contributed by atoms with Gasteiger partial charge in [0.25, 0.3) is 0 Å². The van der Waals surface area contributed by atoms with Gasteiger partial charge >= 0.3 is 0 Å². The smallest absolute Gasteiger partial charge is 0.231 e. The van der Waals surface area contributed by atoms with Crippen LogP contribution in [0, 0.1) is 0 Å². The highest BCUT2D eigenvalue weighted by Gasteiger charge is 2.28. The van der Waals surface area contributed by atoms with Gasteiger partial charge in [-0.1, -0.05) is 0 Å². The van der Waals surface area contributed by atoms with Crippen molar-refractivity contribution in [2.24, 2.45) is 0 Å². The molecule has 1 aromatic rings. The fraction of sp³-hybridized carbons (Fsp3) is 0.750. The second-order valence-electron chi connectivity index (χ2n) is 5.39. The Balaban J connectivity index is 2.22. The molecule has 0 bridgehead atoms. The zero-order valence-electron chi connectivity index (χ0n) is 12.0. The van der Waals surface area contributed by atoms with Gasteiger partial charge in [0.1, 0.15) is 0 Å². The number of anilines is 3. The molecule has 0 saturated carbocycles. The Kier molecular flexibility index (Phi) is 3.75. The van der Waals surface area contributed by atoms with Crippen molar-refractivity contribution >= 4 is 17.8 Å². The molecule has 1 aliphatic rings. The van der Waals surface area contributed by atoms with Gasteiger partial charge in [0.15, 0.2) is 0 Å². The maximum Gasteiger partial charge on any atom is 0.231 e. The molecule has 0 radical (unpaired) electrons. The lowest BCUT2D eigenvalue weighted by atomic mass is 9.94. The molecule has 0 amide bonds.